The van der Waals surface area contributed by atoms with Crippen LogP contribution in [0.3, 0.4) is 0 Å². The van der Waals surface area contributed by atoms with Gasteiger partial charge >= 0.3 is 6.09 Å². The van der Waals surface area contributed by atoms with Crippen LogP contribution in [0.5, 0.6) is 11.5 Å². The summed E-state index contributed by atoms with van der Waals surface area (Å²) in [6, 6.07) is 7.25. The number of hydrogen-bond donors (Lipinski definition) is 1. The van der Waals surface area contributed by atoms with Gasteiger partial charge in [0.25, 0.3) is 0 Å². The Morgan fingerprint density at radius 2 is 1.86 bits per heavy atom. The highest BCUT2D eigenvalue weighted by Crippen LogP contribution is 2.38. The normalized spacial score (nSPS) is 10.6. The zero-order valence-corrected chi connectivity index (χ0v) is 18.4. The van der Waals surface area contributed by atoms with Crippen LogP contribution in [0.25, 0.3) is 11.3 Å². The van der Waals surface area contributed by atoms with Crippen LogP contribution < -0.4 is 14.8 Å². The van der Waals surface area contributed by atoms with Gasteiger partial charge in [-0.2, -0.15) is 0 Å². The highest BCUT2D eigenvalue weighted by Gasteiger charge is 2.17. The van der Waals surface area contributed by atoms with Gasteiger partial charge in [-0.1, -0.05) is 37.9 Å². The second kappa shape index (κ2) is 12.7. The minimum absolute atomic E-state index is 0. The second-order valence-electron chi connectivity index (χ2n) is 7.34. The molecule has 0 atom stereocenters. The number of carbonyl (C=O) groups excluding carboxylic acids is 1. The van der Waals surface area contributed by atoms with E-state index in [9.17, 15) is 4.79 Å². The highest BCUT2D eigenvalue weighted by molar-refractivity contribution is 5.72. The van der Waals surface area contributed by atoms with Gasteiger partial charge in [0.1, 0.15) is 22.7 Å². The number of benzene rings is 1. The lowest BCUT2D eigenvalue weighted by Crippen LogP contribution is -2.33. The number of ether oxygens (including phenoxy) is 3. The summed E-state index contributed by atoms with van der Waals surface area (Å²) in [7, 11) is 1.59. The van der Waals surface area contributed by atoms with E-state index in [0.717, 1.165) is 0 Å². The van der Waals surface area contributed by atoms with Crippen LogP contribution in [0.2, 0.25) is 0 Å². The topological polar surface area (TPSA) is 82.8 Å². The molecule has 2 aromatic rings. The van der Waals surface area contributed by atoms with Crippen molar-refractivity contribution in [3.63, 3.8) is 0 Å². The monoisotopic (exact) mass is 408 g/mol. The molecule has 0 spiro atoms. The Hall–Kier alpha value is -2.70. The third-order valence-electron chi connectivity index (χ3n) is 3.64. The maximum absolute atomic E-state index is 11.6. The van der Waals surface area contributed by atoms with Gasteiger partial charge in [0.05, 0.1) is 19.9 Å². The van der Waals surface area contributed by atoms with Gasteiger partial charge in [-0.05, 0) is 39.3 Å². The molecule has 0 aliphatic heterocycles. The zero-order chi connectivity index (χ0) is 21.7. The van der Waals surface area contributed by atoms with Crippen LogP contribution in [0, 0.1) is 0 Å². The molecule has 7 heteroatoms. The molecule has 1 N–H and O–H groups in total. The summed E-state index contributed by atoms with van der Waals surface area (Å²) in [5, 5.41) is 6.42. The molecule has 0 saturated carbocycles. The Balaban J connectivity index is 0.00000154. The Bertz CT molecular complexity index is 713. The fourth-order valence-corrected chi connectivity index (χ4v) is 2.15. The summed E-state index contributed by atoms with van der Waals surface area (Å²) in [6.45, 7) is 10.7. The van der Waals surface area contributed by atoms with E-state index in [0.29, 0.717) is 42.4 Å². The van der Waals surface area contributed by atoms with Gasteiger partial charge in [-0.3, -0.25) is 0 Å². The molecule has 0 aliphatic carbocycles. The van der Waals surface area contributed by atoms with Crippen molar-refractivity contribution in [2.45, 2.75) is 59.5 Å². The first-order chi connectivity index (χ1) is 13.8. The lowest BCUT2D eigenvalue weighted by atomic mass is 10.1. The fraction of sp³-hybridized carbons (Fsp3) is 0.545. The molecular formula is C22H36N2O5. The minimum atomic E-state index is -0.507. The standard InChI is InChI=1S/C18H24N2O5.C4H10.H2/c1-18(2,3)24-17(21)19-10-6-12-23-14-8-5-7-13(22-4)16(14)15-9-11-20-25-15;1-3-4-2;/h5,7-9,11H,6,10,12H2,1-4H3,(H,19,21);3-4H2,1-2H3;1H. The zero-order valence-electron chi connectivity index (χ0n) is 18.4. The SMILES string of the molecule is CCCC.COc1cccc(OCCCNC(=O)OC(C)(C)C)c1-c1ccno1.[HH]. The minimum Gasteiger partial charge on any atom is -0.496 e. The van der Waals surface area contributed by atoms with E-state index in [4.69, 9.17) is 18.7 Å². The van der Waals surface area contributed by atoms with Crippen LogP contribution in [0.15, 0.2) is 35.0 Å². The van der Waals surface area contributed by atoms with Gasteiger partial charge in [0, 0.05) is 14.0 Å². The third kappa shape index (κ3) is 9.36. The maximum Gasteiger partial charge on any atom is 0.407 e. The molecule has 7 nitrogen and oxygen atoms in total. The predicted octanol–water partition coefficient (Wildman–Crippen LogP) is 5.70. The predicted molar refractivity (Wildman–Crippen MR) is 116 cm³/mol. The van der Waals surface area contributed by atoms with Crippen molar-refractivity contribution in [3.05, 3.63) is 30.5 Å². The molecule has 2 rings (SSSR count). The Labute approximate surface area is 175 Å². The van der Waals surface area contributed by atoms with Crippen molar-refractivity contribution in [2.24, 2.45) is 0 Å². The number of nitrogens with zero attached hydrogens (tertiary/aromatic N) is 1. The molecule has 0 saturated heterocycles. The first-order valence-corrected chi connectivity index (χ1v) is 10.00. The van der Waals surface area contributed by atoms with Crippen LogP contribution in [0.1, 0.15) is 55.3 Å². The van der Waals surface area contributed by atoms with E-state index in [1.807, 2.05) is 39.0 Å². The van der Waals surface area contributed by atoms with Crippen molar-refractivity contribution < 1.29 is 25.0 Å². The van der Waals surface area contributed by atoms with Crippen LogP contribution in [-0.4, -0.2) is 37.1 Å². The number of unbranched alkanes of at least 4 members (excludes halogenated alkanes) is 1. The molecule has 1 heterocycles. The van der Waals surface area contributed by atoms with Crippen molar-refractivity contribution in [1.82, 2.24) is 10.5 Å². The molecule has 0 unspecified atom stereocenters. The summed E-state index contributed by atoms with van der Waals surface area (Å²) in [4.78, 5) is 11.6. The van der Waals surface area contributed by atoms with Gasteiger partial charge in [0.2, 0.25) is 0 Å². The fourth-order valence-electron chi connectivity index (χ4n) is 2.15. The van der Waals surface area contributed by atoms with Crippen LogP contribution in [-0.2, 0) is 4.74 Å². The third-order valence-corrected chi connectivity index (χ3v) is 3.64. The Morgan fingerprint density at radius 3 is 2.41 bits per heavy atom. The average molecular weight is 409 g/mol. The van der Waals surface area contributed by atoms with E-state index < -0.39 is 11.7 Å². The summed E-state index contributed by atoms with van der Waals surface area (Å²) < 4.78 is 21.6. The molecule has 0 fully saturated rings. The number of amides is 1. The molecule has 29 heavy (non-hydrogen) atoms. The number of methoxy groups -OCH3 is 1. The number of nitrogens with one attached hydrogen (secondary N) is 1. The Kier molecular flexibility index (Phi) is 10.7. The number of rotatable bonds is 8. The van der Waals surface area contributed by atoms with E-state index >= 15 is 0 Å². The molecule has 1 amide bonds. The summed E-state index contributed by atoms with van der Waals surface area (Å²) in [5.74, 6) is 1.84. The van der Waals surface area contributed by atoms with Gasteiger partial charge in [0.15, 0.2) is 5.76 Å². The molecule has 0 bridgehead atoms. The van der Waals surface area contributed by atoms with Crippen molar-refractivity contribution in [2.75, 3.05) is 20.3 Å². The molecule has 0 aliphatic rings. The van der Waals surface area contributed by atoms with E-state index in [2.05, 4.69) is 24.3 Å². The number of carbonyl (C=O) groups is 1. The van der Waals surface area contributed by atoms with E-state index in [1.165, 1.54) is 12.8 Å². The summed E-state index contributed by atoms with van der Waals surface area (Å²) in [5.41, 5.74) is 0.204. The first kappa shape index (κ1) is 24.3. The highest BCUT2D eigenvalue weighted by atomic mass is 16.6. The quantitative estimate of drug-likeness (QED) is 0.565. The number of hydrogen-bond acceptors (Lipinski definition) is 6. The lowest BCUT2D eigenvalue weighted by molar-refractivity contribution is 0.0525. The summed E-state index contributed by atoms with van der Waals surface area (Å²) in [6.07, 6.45) is 4.40. The molecule has 1 aromatic carbocycles. The van der Waals surface area contributed by atoms with Crippen molar-refractivity contribution in [3.8, 4) is 22.8 Å². The number of aromatic nitrogens is 1. The van der Waals surface area contributed by atoms with Gasteiger partial charge in [-0.25, -0.2) is 4.79 Å². The van der Waals surface area contributed by atoms with Gasteiger partial charge in [-0.15, -0.1) is 0 Å². The van der Waals surface area contributed by atoms with E-state index in [1.54, 1.807) is 19.4 Å². The molecule has 0 radical (unpaired) electrons. The summed E-state index contributed by atoms with van der Waals surface area (Å²) >= 11 is 0. The smallest absolute Gasteiger partial charge is 0.407 e. The average Bonchev–Trinajstić information content (AvgIpc) is 3.20. The van der Waals surface area contributed by atoms with Crippen molar-refractivity contribution >= 4 is 6.09 Å². The van der Waals surface area contributed by atoms with Crippen molar-refractivity contribution in [1.29, 1.82) is 0 Å². The largest absolute Gasteiger partial charge is 0.496 e. The lowest BCUT2D eigenvalue weighted by Gasteiger charge is -2.19. The first-order valence-electron chi connectivity index (χ1n) is 10.00. The van der Waals surface area contributed by atoms with Crippen LogP contribution in [0.4, 0.5) is 4.79 Å². The molecular weight excluding hydrogens is 372 g/mol. The van der Waals surface area contributed by atoms with Crippen LogP contribution >= 0.6 is 0 Å². The van der Waals surface area contributed by atoms with E-state index in [-0.39, 0.29) is 1.43 Å². The molecule has 1 aromatic heterocycles. The maximum atomic E-state index is 11.6. The Morgan fingerprint density at radius 1 is 1.17 bits per heavy atom. The number of alkyl carbamates (subject to hydrolysis) is 1. The second-order valence-corrected chi connectivity index (χ2v) is 7.34. The molecule has 164 valence electrons. The van der Waals surface area contributed by atoms with Gasteiger partial charge < -0.3 is 24.1 Å².